The molecule has 3 N–H and O–H groups in total. The summed E-state index contributed by atoms with van der Waals surface area (Å²) < 4.78 is 1.99. The Morgan fingerprint density at radius 1 is 1.30 bits per heavy atom. The van der Waals surface area contributed by atoms with Gasteiger partial charge in [0.2, 0.25) is 0 Å². The smallest absolute Gasteiger partial charge is 0.134 e. The SMILES string of the molecule is Cc1cc2c(N)cccc2c(NCc2nccn2C)n1. The highest BCUT2D eigenvalue weighted by Gasteiger charge is 2.07. The average molecular weight is 267 g/mol. The van der Waals surface area contributed by atoms with Crippen LogP contribution in [0.1, 0.15) is 11.5 Å². The number of nitrogens with zero attached hydrogens (tertiary/aromatic N) is 3. The number of hydrogen-bond acceptors (Lipinski definition) is 4. The van der Waals surface area contributed by atoms with Crippen molar-refractivity contribution in [2.75, 3.05) is 11.1 Å². The summed E-state index contributed by atoms with van der Waals surface area (Å²) >= 11 is 0. The lowest BCUT2D eigenvalue weighted by Gasteiger charge is -2.11. The van der Waals surface area contributed by atoms with Crippen molar-refractivity contribution >= 4 is 22.3 Å². The third kappa shape index (κ3) is 2.18. The number of nitrogens with one attached hydrogen (secondary N) is 1. The number of aromatic nitrogens is 3. The van der Waals surface area contributed by atoms with Gasteiger partial charge in [-0.3, -0.25) is 0 Å². The fourth-order valence-electron chi connectivity index (χ4n) is 2.29. The second-order valence-electron chi connectivity index (χ2n) is 4.86. The molecule has 0 radical (unpaired) electrons. The van der Waals surface area contributed by atoms with Crippen LogP contribution < -0.4 is 11.1 Å². The minimum Gasteiger partial charge on any atom is -0.398 e. The van der Waals surface area contributed by atoms with Gasteiger partial charge in [0.05, 0.1) is 6.54 Å². The Balaban J connectivity index is 1.99. The van der Waals surface area contributed by atoms with Crippen LogP contribution in [0.5, 0.6) is 0 Å². The molecule has 0 amide bonds. The van der Waals surface area contributed by atoms with Gasteiger partial charge in [0.1, 0.15) is 11.6 Å². The van der Waals surface area contributed by atoms with Crippen LogP contribution in [0.15, 0.2) is 36.7 Å². The molecule has 0 atom stereocenters. The summed E-state index contributed by atoms with van der Waals surface area (Å²) in [5, 5.41) is 5.41. The molecule has 0 aliphatic rings. The maximum atomic E-state index is 6.04. The van der Waals surface area contributed by atoms with Gasteiger partial charge in [0, 0.05) is 41.6 Å². The molecule has 1 aromatic carbocycles. The topological polar surface area (TPSA) is 68.8 Å². The van der Waals surface area contributed by atoms with Gasteiger partial charge in [0.15, 0.2) is 0 Å². The summed E-state index contributed by atoms with van der Waals surface area (Å²) in [5.74, 6) is 1.81. The lowest BCUT2D eigenvalue weighted by molar-refractivity contribution is 0.811. The average Bonchev–Trinajstić information content (AvgIpc) is 2.83. The molecule has 3 aromatic rings. The Morgan fingerprint density at radius 3 is 2.90 bits per heavy atom. The van der Waals surface area contributed by atoms with E-state index in [0.29, 0.717) is 6.54 Å². The number of nitrogens with two attached hydrogens (primary N) is 1. The Bertz CT molecular complexity index is 760. The van der Waals surface area contributed by atoms with E-state index >= 15 is 0 Å². The molecule has 2 aromatic heterocycles. The van der Waals surface area contributed by atoms with Gasteiger partial charge in [-0.15, -0.1) is 0 Å². The summed E-state index contributed by atoms with van der Waals surface area (Å²) in [5.41, 5.74) is 7.75. The van der Waals surface area contributed by atoms with Gasteiger partial charge in [-0.1, -0.05) is 12.1 Å². The zero-order valence-electron chi connectivity index (χ0n) is 11.6. The minimum absolute atomic E-state index is 0.629. The van der Waals surface area contributed by atoms with Crippen LogP contribution in [-0.2, 0) is 13.6 Å². The van der Waals surface area contributed by atoms with E-state index in [4.69, 9.17) is 5.73 Å². The third-order valence-electron chi connectivity index (χ3n) is 3.37. The number of imidazole rings is 1. The van der Waals surface area contributed by atoms with Crippen LogP contribution in [0, 0.1) is 6.92 Å². The van der Waals surface area contributed by atoms with Crippen LogP contribution in [-0.4, -0.2) is 14.5 Å². The quantitative estimate of drug-likeness (QED) is 0.715. The van der Waals surface area contributed by atoms with Crippen LogP contribution in [0.25, 0.3) is 10.8 Å². The molecule has 20 heavy (non-hydrogen) atoms. The molecule has 0 bridgehead atoms. The molecule has 0 saturated carbocycles. The third-order valence-corrected chi connectivity index (χ3v) is 3.37. The van der Waals surface area contributed by atoms with Crippen molar-refractivity contribution in [3.8, 4) is 0 Å². The highest BCUT2D eigenvalue weighted by atomic mass is 15.1. The fraction of sp³-hybridized carbons (Fsp3) is 0.200. The fourth-order valence-corrected chi connectivity index (χ4v) is 2.29. The number of aryl methyl sites for hydroxylation is 2. The van der Waals surface area contributed by atoms with Gasteiger partial charge in [-0.05, 0) is 19.1 Å². The summed E-state index contributed by atoms with van der Waals surface area (Å²) in [4.78, 5) is 8.87. The van der Waals surface area contributed by atoms with Gasteiger partial charge in [-0.25, -0.2) is 9.97 Å². The van der Waals surface area contributed by atoms with Crippen molar-refractivity contribution in [3.63, 3.8) is 0 Å². The summed E-state index contributed by atoms with van der Waals surface area (Å²) in [6, 6.07) is 7.89. The molecule has 5 heteroatoms. The second-order valence-corrected chi connectivity index (χ2v) is 4.86. The maximum Gasteiger partial charge on any atom is 0.134 e. The second kappa shape index (κ2) is 4.85. The maximum absolute atomic E-state index is 6.04. The van der Waals surface area contributed by atoms with Crippen molar-refractivity contribution in [1.82, 2.24) is 14.5 Å². The van der Waals surface area contributed by atoms with Crippen molar-refractivity contribution in [3.05, 3.63) is 48.2 Å². The van der Waals surface area contributed by atoms with E-state index in [0.717, 1.165) is 33.8 Å². The molecule has 0 saturated heterocycles. The van der Waals surface area contributed by atoms with Crippen LogP contribution in [0.2, 0.25) is 0 Å². The zero-order valence-corrected chi connectivity index (χ0v) is 11.6. The summed E-state index contributed by atoms with van der Waals surface area (Å²) in [6.07, 6.45) is 3.72. The number of fused-ring (bicyclic) bond motifs is 1. The van der Waals surface area contributed by atoms with E-state index < -0.39 is 0 Å². The van der Waals surface area contributed by atoms with Crippen molar-refractivity contribution in [2.45, 2.75) is 13.5 Å². The van der Waals surface area contributed by atoms with Gasteiger partial charge >= 0.3 is 0 Å². The predicted molar refractivity (Wildman–Crippen MR) is 81.4 cm³/mol. The number of hydrogen-bond donors (Lipinski definition) is 2. The first kappa shape index (κ1) is 12.5. The largest absolute Gasteiger partial charge is 0.398 e. The van der Waals surface area contributed by atoms with E-state index in [9.17, 15) is 0 Å². The van der Waals surface area contributed by atoms with Gasteiger partial charge in [-0.2, -0.15) is 0 Å². The Kier molecular flexibility index (Phi) is 3.02. The first-order chi connectivity index (χ1) is 9.65. The van der Waals surface area contributed by atoms with Gasteiger partial charge < -0.3 is 15.6 Å². The lowest BCUT2D eigenvalue weighted by atomic mass is 10.1. The molecule has 0 spiro atoms. The molecular formula is C15H17N5. The molecule has 0 aliphatic heterocycles. The first-order valence-corrected chi connectivity index (χ1v) is 6.51. The van der Waals surface area contributed by atoms with E-state index in [2.05, 4.69) is 15.3 Å². The molecular weight excluding hydrogens is 250 g/mol. The lowest BCUT2D eigenvalue weighted by Crippen LogP contribution is -2.07. The summed E-state index contributed by atoms with van der Waals surface area (Å²) in [6.45, 7) is 2.60. The molecule has 0 fully saturated rings. The monoisotopic (exact) mass is 267 g/mol. The number of rotatable bonds is 3. The molecule has 0 aliphatic carbocycles. The van der Waals surface area contributed by atoms with Crippen LogP contribution in [0.4, 0.5) is 11.5 Å². The van der Waals surface area contributed by atoms with Gasteiger partial charge in [0.25, 0.3) is 0 Å². The molecule has 0 unspecified atom stereocenters. The standard InChI is InChI=1S/C15H17N5/c1-10-8-12-11(4-3-5-13(12)16)15(19-10)18-9-14-17-6-7-20(14)2/h3-8H,9,16H2,1-2H3,(H,18,19). The highest BCUT2D eigenvalue weighted by Crippen LogP contribution is 2.27. The highest BCUT2D eigenvalue weighted by molar-refractivity contribution is 5.99. The molecule has 5 nitrogen and oxygen atoms in total. The number of benzene rings is 1. The van der Waals surface area contributed by atoms with Crippen molar-refractivity contribution in [2.24, 2.45) is 7.05 Å². The van der Waals surface area contributed by atoms with Crippen LogP contribution in [0.3, 0.4) is 0 Å². The predicted octanol–water partition coefficient (Wildman–Crippen LogP) is 2.47. The summed E-state index contributed by atoms with van der Waals surface area (Å²) in [7, 11) is 1.98. The van der Waals surface area contributed by atoms with E-state index in [1.165, 1.54) is 0 Å². The Morgan fingerprint density at radius 2 is 2.15 bits per heavy atom. The van der Waals surface area contributed by atoms with Crippen LogP contribution >= 0.6 is 0 Å². The van der Waals surface area contributed by atoms with Crippen molar-refractivity contribution < 1.29 is 0 Å². The Hall–Kier alpha value is -2.56. The molecule has 3 rings (SSSR count). The number of pyridine rings is 1. The number of anilines is 2. The number of nitrogen functional groups attached to an aromatic ring is 1. The zero-order chi connectivity index (χ0) is 14.1. The van der Waals surface area contributed by atoms with E-state index in [1.807, 2.05) is 49.0 Å². The van der Waals surface area contributed by atoms with E-state index in [-0.39, 0.29) is 0 Å². The normalized spacial score (nSPS) is 10.9. The molecule has 102 valence electrons. The molecule has 2 heterocycles. The van der Waals surface area contributed by atoms with E-state index in [1.54, 1.807) is 6.20 Å². The Labute approximate surface area is 117 Å². The first-order valence-electron chi connectivity index (χ1n) is 6.51. The minimum atomic E-state index is 0.629. The van der Waals surface area contributed by atoms with Crippen molar-refractivity contribution in [1.29, 1.82) is 0 Å².